The second-order valence-electron chi connectivity index (χ2n) is 8.86. The Labute approximate surface area is 223 Å². The smallest absolute Gasteiger partial charge is 0.301 e. The molecule has 0 aliphatic carbocycles. The van der Waals surface area contributed by atoms with Crippen molar-refractivity contribution in [1.29, 1.82) is 0 Å². The molecule has 1 saturated heterocycles. The van der Waals surface area contributed by atoms with Crippen LogP contribution in [0.15, 0.2) is 48.2 Å². The van der Waals surface area contributed by atoms with Crippen LogP contribution in [0.25, 0.3) is 11.4 Å². The molecule has 38 heavy (non-hydrogen) atoms. The minimum atomic E-state index is -0.977. The van der Waals surface area contributed by atoms with Crippen molar-refractivity contribution in [3.05, 3.63) is 70.1 Å². The van der Waals surface area contributed by atoms with Gasteiger partial charge in [-0.15, -0.1) is 10.2 Å². The largest absolute Gasteiger partial charge is 0.505 e. The van der Waals surface area contributed by atoms with Crippen LogP contribution in [-0.4, -0.2) is 50.1 Å². The van der Waals surface area contributed by atoms with Crippen molar-refractivity contribution in [2.24, 2.45) is 0 Å². The lowest BCUT2D eigenvalue weighted by Crippen LogP contribution is -2.29. The van der Waals surface area contributed by atoms with Gasteiger partial charge in [0.1, 0.15) is 16.3 Å². The van der Waals surface area contributed by atoms with Gasteiger partial charge in [0.15, 0.2) is 17.3 Å². The number of hydrogen-bond donors (Lipinski definition) is 1. The number of Topliss-reactive ketones (excluding diaryl/α,β-unsaturated/α-hetero) is 1. The minimum Gasteiger partial charge on any atom is -0.505 e. The summed E-state index contributed by atoms with van der Waals surface area (Å²) in [7, 11) is 1.53. The number of aliphatic hydroxyl groups is 1. The van der Waals surface area contributed by atoms with Crippen LogP contribution in [0.1, 0.15) is 47.8 Å². The van der Waals surface area contributed by atoms with E-state index in [9.17, 15) is 14.7 Å². The molecule has 1 atom stereocenters. The van der Waals surface area contributed by atoms with E-state index >= 15 is 0 Å². The molecule has 4 aromatic rings. The van der Waals surface area contributed by atoms with Crippen LogP contribution in [0, 0.1) is 13.8 Å². The summed E-state index contributed by atoms with van der Waals surface area (Å²) in [5.74, 6) is -0.959. The highest BCUT2D eigenvalue weighted by Gasteiger charge is 2.49. The maximum absolute atomic E-state index is 13.5. The Hall–Kier alpha value is -4.25. The number of aliphatic hydroxyl groups excluding tert-OH is 1. The standard InChI is InChI=1S/C27H27N5O5S/c1-5-6-13-37-18-11-10-17(14-19(18)36-4)23-21(25(34)26(35)32(23)27-30-29-16(3)38-27)24(33)22-15(2)28-20-9-7-8-12-31(20)22/h7-12,14,23,33H,5-6,13H2,1-4H3/b24-21+. The fraction of sp³-hybridized carbons (Fsp3) is 0.296. The third kappa shape index (κ3) is 4.28. The number of aryl methyl sites for hydroxylation is 2. The van der Waals surface area contributed by atoms with E-state index in [1.165, 1.54) is 23.3 Å². The summed E-state index contributed by atoms with van der Waals surface area (Å²) in [5.41, 5.74) is 1.93. The van der Waals surface area contributed by atoms with Gasteiger partial charge >= 0.3 is 5.91 Å². The molecule has 1 aliphatic rings. The summed E-state index contributed by atoms with van der Waals surface area (Å²) in [6.07, 6.45) is 3.62. The molecule has 1 unspecified atom stereocenters. The van der Waals surface area contributed by atoms with Gasteiger partial charge in [-0.3, -0.25) is 18.9 Å². The Morgan fingerprint density at radius 1 is 1.13 bits per heavy atom. The molecule has 0 spiro atoms. The SMILES string of the molecule is CCCCOc1ccc(C2/C(=C(\O)c3c(C)nc4ccccn34)C(=O)C(=O)N2c2nnc(C)s2)cc1OC. The zero-order chi connectivity index (χ0) is 27.0. The molecule has 4 heterocycles. The van der Waals surface area contributed by atoms with Crippen molar-refractivity contribution < 1.29 is 24.2 Å². The van der Waals surface area contributed by atoms with Gasteiger partial charge in [-0.25, -0.2) is 4.98 Å². The summed E-state index contributed by atoms with van der Waals surface area (Å²) in [4.78, 5) is 32.7. The second kappa shape index (κ2) is 10.3. The fourth-order valence-corrected chi connectivity index (χ4v) is 5.27. The first-order valence-corrected chi connectivity index (χ1v) is 13.0. The molecule has 1 aliphatic heterocycles. The highest BCUT2D eigenvalue weighted by atomic mass is 32.1. The van der Waals surface area contributed by atoms with E-state index < -0.39 is 17.7 Å². The van der Waals surface area contributed by atoms with Crippen LogP contribution in [0.4, 0.5) is 5.13 Å². The predicted octanol–water partition coefficient (Wildman–Crippen LogP) is 4.62. The number of pyridine rings is 1. The summed E-state index contributed by atoms with van der Waals surface area (Å²) < 4.78 is 13.2. The third-order valence-electron chi connectivity index (χ3n) is 6.35. The molecule has 5 rings (SSSR count). The highest BCUT2D eigenvalue weighted by molar-refractivity contribution is 7.15. The van der Waals surface area contributed by atoms with E-state index in [-0.39, 0.29) is 16.5 Å². The number of amides is 1. The van der Waals surface area contributed by atoms with Crippen LogP contribution in [0.2, 0.25) is 0 Å². The lowest BCUT2D eigenvalue weighted by Gasteiger charge is -2.23. The van der Waals surface area contributed by atoms with Crippen molar-refractivity contribution in [3.63, 3.8) is 0 Å². The summed E-state index contributed by atoms with van der Waals surface area (Å²) >= 11 is 1.19. The second-order valence-corrected chi connectivity index (χ2v) is 10.0. The molecular formula is C27H27N5O5S. The zero-order valence-corrected chi connectivity index (χ0v) is 22.3. The number of carbonyl (C=O) groups is 2. The van der Waals surface area contributed by atoms with Crippen molar-refractivity contribution in [3.8, 4) is 11.5 Å². The number of benzene rings is 1. The van der Waals surface area contributed by atoms with Crippen molar-refractivity contribution in [2.75, 3.05) is 18.6 Å². The molecule has 1 amide bonds. The molecule has 1 aromatic carbocycles. The topological polar surface area (TPSA) is 119 Å². The third-order valence-corrected chi connectivity index (χ3v) is 7.19. The lowest BCUT2D eigenvalue weighted by atomic mass is 9.96. The zero-order valence-electron chi connectivity index (χ0n) is 21.5. The van der Waals surface area contributed by atoms with Crippen LogP contribution in [0.3, 0.4) is 0 Å². The lowest BCUT2D eigenvalue weighted by molar-refractivity contribution is -0.132. The van der Waals surface area contributed by atoms with E-state index in [0.29, 0.717) is 45.7 Å². The van der Waals surface area contributed by atoms with E-state index in [2.05, 4.69) is 22.1 Å². The van der Waals surface area contributed by atoms with Gasteiger partial charge in [-0.05, 0) is 50.1 Å². The molecule has 11 heteroatoms. The number of carbonyl (C=O) groups excluding carboxylic acids is 2. The first kappa shape index (κ1) is 25.4. The Morgan fingerprint density at radius 2 is 1.95 bits per heavy atom. The molecular weight excluding hydrogens is 506 g/mol. The Morgan fingerprint density at radius 3 is 2.66 bits per heavy atom. The number of fused-ring (bicyclic) bond motifs is 1. The van der Waals surface area contributed by atoms with E-state index in [4.69, 9.17) is 9.47 Å². The number of ketones is 1. The van der Waals surface area contributed by atoms with Gasteiger partial charge in [0.25, 0.3) is 5.78 Å². The van der Waals surface area contributed by atoms with Gasteiger partial charge in [-0.1, -0.05) is 36.8 Å². The van der Waals surface area contributed by atoms with Gasteiger partial charge in [0.05, 0.1) is 31.0 Å². The number of rotatable bonds is 8. The Bertz CT molecular complexity index is 1570. The average Bonchev–Trinajstić information content (AvgIpc) is 3.56. The number of methoxy groups -OCH3 is 1. The number of unbranched alkanes of at least 4 members (excludes halogenated alkanes) is 1. The number of anilines is 1. The number of imidazole rings is 1. The van der Waals surface area contributed by atoms with Gasteiger partial charge in [0, 0.05) is 6.20 Å². The summed E-state index contributed by atoms with van der Waals surface area (Å²) in [6, 6.07) is 9.67. The molecule has 3 aromatic heterocycles. The summed E-state index contributed by atoms with van der Waals surface area (Å²) in [6.45, 7) is 6.11. The molecule has 0 bridgehead atoms. The molecule has 1 N–H and O–H groups in total. The molecule has 0 saturated carbocycles. The van der Waals surface area contributed by atoms with E-state index in [1.807, 2.05) is 6.07 Å². The average molecular weight is 534 g/mol. The first-order valence-electron chi connectivity index (χ1n) is 12.2. The predicted molar refractivity (Wildman–Crippen MR) is 143 cm³/mol. The molecule has 1 fully saturated rings. The van der Waals surface area contributed by atoms with Crippen LogP contribution in [-0.2, 0) is 9.59 Å². The quantitative estimate of drug-likeness (QED) is 0.151. The van der Waals surface area contributed by atoms with E-state index in [1.54, 1.807) is 54.8 Å². The maximum atomic E-state index is 13.5. The Kier molecular flexibility index (Phi) is 6.85. The monoisotopic (exact) mass is 533 g/mol. The maximum Gasteiger partial charge on any atom is 0.301 e. The number of hydrogen-bond acceptors (Lipinski definition) is 9. The minimum absolute atomic E-state index is 0.0710. The van der Waals surface area contributed by atoms with Crippen LogP contribution >= 0.6 is 11.3 Å². The van der Waals surface area contributed by atoms with Crippen molar-refractivity contribution in [2.45, 2.75) is 39.7 Å². The summed E-state index contributed by atoms with van der Waals surface area (Å²) in [5, 5.41) is 20.7. The highest BCUT2D eigenvalue weighted by Crippen LogP contribution is 2.45. The van der Waals surface area contributed by atoms with Crippen LogP contribution < -0.4 is 14.4 Å². The van der Waals surface area contributed by atoms with E-state index in [0.717, 1.165) is 12.8 Å². The molecule has 196 valence electrons. The number of ether oxygens (including phenoxy) is 2. The van der Waals surface area contributed by atoms with Gasteiger partial charge < -0.3 is 14.6 Å². The van der Waals surface area contributed by atoms with Gasteiger partial charge in [0.2, 0.25) is 5.13 Å². The molecule has 10 nitrogen and oxygen atoms in total. The van der Waals surface area contributed by atoms with Crippen LogP contribution in [0.5, 0.6) is 11.5 Å². The van der Waals surface area contributed by atoms with Crippen molar-refractivity contribution >= 4 is 39.6 Å². The molecule has 0 radical (unpaired) electrons. The Balaban J connectivity index is 1.71. The first-order chi connectivity index (χ1) is 18.3. The normalized spacial score (nSPS) is 16.9. The van der Waals surface area contributed by atoms with Gasteiger partial charge in [-0.2, -0.15) is 0 Å². The number of aromatic nitrogens is 4. The fourth-order valence-electron chi connectivity index (χ4n) is 4.56. The van der Waals surface area contributed by atoms with Crippen molar-refractivity contribution in [1.82, 2.24) is 19.6 Å². The number of nitrogens with zero attached hydrogens (tertiary/aromatic N) is 5.